The lowest BCUT2D eigenvalue weighted by Crippen LogP contribution is -2.56. The van der Waals surface area contributed by atoms with Gasteiger partial charge < -0.3 is 15.5 Å². The Balaban J connectivity index is 1.64. The molecule has 0 spiro atoms. The quantitative estimate of drug-likeness (QED) is 0.820. The molecule has 2 aromatic heterocycles. The molecule has 2 aliphatic rings. The van der Waals surface area contributed by atoms with Crippen LogP contribution in [-0.2, 0) is 6.42 Å². The molecule has 6 nitrogen and oxygen atoms in total. The van der Waals surface area contributed by atoms with Crippen molar-refractivity contribution in [2.75, 3.05) is 24.5 Å². The third-order valence-electron chi connectivity index (χ3n) is 4.94. The van der Waals surface area contributed by atoms with Gasteiger partial charge in [-0.15, -0.1) is 0 Å². The van der Waals surface area contributed by atoms with Gasteiger partial charge in [-0.3, -0.25) is 9.98 Å². The molecule has 4 rings (SSSR count). The van der Waals surface area contributed by atoms with Gasteiger partial charge in [0.15, 0.2) is 5.11 Å². The van der Waals surface area contributed by atoms with Crippen molar-refractivity contribution in [3.8, 4) is 0 Å². The fourth-order valence-electron chi connectivity index (χ4n) is 3.65. The molecule has 26 heavy (non-hydrogen) atoms. The monoisotopic (exact) mass is 366 g/mol. The van der Waals surface area contributed by atoms with E-state index in [1.165, 1.54) is 5.56 Å². The molecule has 1 aliphatic carbocycles. The van der Waals surface area contributed by atoms with Crippen LogP contribution in [0, 0.1) is 0 Å². The Kier molecular flexibility index (Phi) is 4.79. The van der Waals surface area contributed by atoms with Gasteiger partial charge in [-0.2, -0.15) is 0 Å². The van der Waals surface area contributed by atoms with Gasteiger partial charge in [0.25, 0.3) is 0 Å². The third kappa shape index (κ3) is 3.39. The lowest BCUT2D eigenvalue weighted by Gasteiger charge is -2.40. The number of hydrogen-bond donors (Lipinski definition) is 1. The van der Waals surface area contributed by atoms with Crippen molar-refractivity contribution in [2.45, 2.75) is 25.4 Å². The fraction of sp³-hybridized carbons (Fsp3) is 0.368. The first kappa shape index (κ1) is 16.9. The van der Waals surface area contributed by atoms with Crippen LogP contribution in [0.15, 0.2) is 47.7 Å². The molecule has 1 atom stereocenters. The van der Waals surface area contributed by atoms with Crippen LogP contribution in [0.25, 0.3) is 0 Å². The van der Waals surface area contributed by atoms with Gasteiger partial charge in [0.05, 0.1) is 18.0 Å². The predicted octanol–water partition coefficient (Wildman–Crippen LogP) is 1.99. The summed E-state index contributed by atoms with van der Waals surface area (Å²) in [4.78, 5) is 18.4. The van der Waals surface area contributed by atoms with E-state index in [-0.39, 0.29) is 6.17 Å². The van der Waals surface area contributed by atoms with E-state index in [1.54, 1.807) is 0 Å². The minimum Gasteiger partial charge on any atom is -0.376 e. The van der Waals surface area contributed by atoms with Crippen LogP contribution in [-0.4, -0.2) is 51.5 Å². The number of rotatable bonds is 2. The number of pyridine rings is 2. The highest BCUT2D eigenvalue weighted by Gasteiger charge is 2.29. The number of piperazine rings is 1. The SMILES string of the molecule is NC(=S)N1CCN(c2ccccn2)CC1/N=C1/CCCc2cccnc21. The zero-order chi connectivity index (χ0) is 17.9. The Morgan fingerprint density at radius 1 is 1.12 bits per heavy atom. The van der Waals surface area contributed by atoms with Crippen LogP contribution >= 0.6 is 12.2 Å². The van der Waals surface area contributed by atoms with Crippen molar-refractivity contribution in [1.82, 2.24) is 14.9 Å². The Morgan fingerprint density at radius 2 is 2.00 bits per heavy atom. The van der Waals surface area contributed by atoms with Crippen LogP contribution in [0.3, 0.4) is 0 Å². The zero-order valence-corrected chi connectivity index (χ0v) is 15.4. The van der Waals surface area contributed by atoms with Crippen molar-refractivity contribution < 1.29 is 0 Å². The van der Waals surface area contributed by atoms with Crippen LogP contribution in [0.2, 0.25) is 0 Å². The number of thiocarbonyl (C=S) groups is 1. The normalized spacial score (nSPS) is 21.5. The molecule has 0 bridgehead atoms. The zero-order valence-electron chi connectivity index (χ0n) is 14.6. The van der Waals surface area contributed by atoms with Crippen LogP contribution in [0.5, 0.6) is 0 Å². The Hall–Kier alpha value is -2.54. The molecule has 0 amide bonds. The van der Waals surface area contributed by atoms with E-state index < -0.39 is 0 Å². The van der Waals surface area contributed by atoms with Gasteiger partial charge in [0, 0.05) is 25.5 Å². The lowest BCUT2D eigenvalue weighted by molar-refractivity contribution is 0.289. The molecular weight excluding hydrogens is 344 g/mol. The molecule has 0 aromatic carbocycles. The van der Waals surface area contributed by atoms with Crippen LogP contribution in [0.4, 0.5) is 5.82 Å². The summed E-state index contributed by atoms with van der Waals surface area (Å²) in [5, 5.41) is 0.400. The summed E-state index contributed by atoms with van der Waals surface area (Å²) in [6.45, 7) is 2.27. The van der Waals surface area contributed by atoms with Gasteiger partial charge in [-0.25, -0.2) is 4.98 Å². The topological polar surface area (TPSA) is 70.6 Å². The van der Waals surface area contributed by atoms with Gasteiger partial charge in [-0.05, 0) is 55.2 Å². The van der Waals surface area contributed by atoms with Gasteiger partial charge in [-0.1, -0.05) is 12.1 Å². The number of aromatic nitrogens is 2. The molecule has 0 saturated carbocycles. The Morgan fingerprint density at radius 3 is 2.81 bits per heavy atom. The molecule has 134 valence electrons. The first-order valence-electron chi connectivity index (χ1n) is 8.95. The molecule has 1 saturated heterocycles. The number of aryl methyl sites for hydroxylation is 1. The van der Waals surface area contributed by atoms with Crippen molar-refractivity contribution in [1.29, 1.82) is 0 Å². The molecule has 0 radical (unpaired) electrons. The second-order valence-corrected chi connectivity index (χ2v) is 7.00. The first-order valence-corrected chi connectivity index (χ1v) is 9.36. The summed E-state index contributed by atoms with van der Waals surface area (Å²) in [7, 11) is 0. The molecular formula is C19H22N6S. The minimum absolute atomic E-state index is 0.119. The number of nitrogens with two attached hydrogens (primary N) is 1. The fourth-order valence-corrected chi connectivity index (χ4v) is 3.86. The Labute approximate surface area is 158 Å². The number of anilines is 1. The first-order chi connectivity index (χ1) is 12.7. The van der Waals surface area contributed by atoms with Crippen LogP contribution in [0.1, 0.15) is 24.1 Å². The van der Waals surface area contributed by atoms with E-state index in [0.717, 1.165) is 49.6 Å². The maximum atomic E-state index is 5.98. The Bertz CT molecular complexity index is 822. The summed E-state index contributed by atoms with van der Waals surface area (Å²) < 4.78 is 0. The maximum Gasteiger partial charge on any atom is 0.168 e. The molecule has 1 unspecified atom stereocenters. The lowest BCUT2D eigenvalue weighted by atomic mass is 9.94. The largest absolute Gasteiger partial charge is 0.376 e. The van der Waals surface area contributed by atoms with E-state index >= 15 is 0 Å². The average Bonchev–Trinajstić information content (AvgIpc) is 2.69. The van der Waals surface area contributed by atoms with E-state index in [1.807, 2.05) is 41.6 Å². The minimum atomic E-state index is -0.119. The summed E-state index contributed by atoms with van der Waals surface area (Å²) in [5.41, 5.74) is 9.34. The highest BCUT2D eigenvalue weighted by molar-refractivity contribution is 7.80. The average molecular weight is 366 g/mol. The molecule has 3 heterocycles. The number of aliphatic imine (C=N–C) groups is 1. The van der Waals surface area contributed by atoms with Gasteiger partial charge in [0.2, 0.25) is 0 Å². The van der Waals surface area contributed by atoms with E-state index in [2.05, 4.69) is 20.9 Å². The number of fused-ring (bicyclic) bond motifs is 1. The van der Waals surface area contributed by atoms with E-state index in [9.17, 15) is 0 Å². The van der Waals surface area contributed by atoms with E-state index in [0.29, 0.717) is 11.7 Å². The molecule has 2 aromatic rings. The van der Waals surface area contributed by atoms with Crippen molar-refractivity contribution in [3.05, 3.63) is 54.0 Å². The van der Waals surface area contributed by atoms with Crippen LogP contribution < -0.4 is 10.6 Å². The highest BCUT2D eigenvalue weighted by Crippen LogP contribution is 2.23. The highest BCUT2D eigenvalue weighted by atomic mass is 32.1. The third-order valence-corrected chi connectivity index (χ3v) is 5.17. The molecule has 7 heteroatoms. The predicted molar refractivity (Wildman–Crippen MR) is 107 cm³/mol. The summed E-state index contributed by atoms with van der Waals surface area (Å²) >= 11 is 5.28. The van der Waals surface area contributed by atoms with E-state index in [4.69, 9.17) is 22.9 Å². The summed E-state index contributed by atoms with van der Waals surface area (Å²) in [6.07, 6.45) is 6.64. The molecule has 1 aliphatic heterocycles. The summed E-state index contributed by atoms with van der Waals surface area (Å²) in [5.74, 6) is 0.961. The summed E-state index contributed by atoms with van der Waals surface area (Å²) in [6, 6.07) is 10.1. The van der Waals surface area contributed by atoms with Crippen molar-refractivity contribution in [2.24, 2.45) is 10.7 Å². The standard InChI is InChI=1S/C19H22N6S/c20-19(26)25-12-11-24(16-8-1-2-9-21-16)13-17(25)23-15-7-3-5-14-6-4-10-22-18(14)15/h1-2,4,6,8-10,17H,3,5,7,11-13H2,(H2,20,26)/b23-15-. The second-order valence-electron chi connectivity index (χ2n) is 6.59. The van der Waals surface area contributed by atoms with Crippen molar-refractivity contribution in [3.63, 3.8) is 0 Å². The maximum absolute atomic E-state index is 5.98. The van der Waals surface area contributed by atoms with Gasteiger partial charge in [0.1, 0.15) is 12.0 Å². The van der Waals surface area contributed by atoms with Gasteiger partial charge >= 0.3 is 0 Å². The van der Waals surface area contributed by atoms with Crippen molar-refractivity contribution >= 4 is 28.9 Å². The molecule has 1 fully saturated rings. The molecule has 2 N–H and O–H groups in total. The smallest absolute Gasteiger partial charge is 0.168 e. The number of hydrogen-bond acceptors (Lipinski definition) is 5. The second kappa shape index (κ2) is 7.37. The number of nitrogens with zero attached hydrogens (tertiary/aromatic N) is 5.